The molecule has 1 N–H and O–H groups in total. The molecule has 2 rings (SSSR count). The van der Waals surface area contributed by atoms with Crippen LogP contribution in [-0.4, -0.2) is 16.7 Å². The summed E-state index contributed by atoms with van der Waals surface area (Å²) in [6.07, 6.45) is 0.208. The highest BCUT2D eigenvalue weighted by Gasteiger charge is 2.28. The second-order valence-electron chi connectivity index (χ2n) is 5.83. The molecular formula is C16H18O3S. The molecule has 106 valence electrons. The van der Waals surface area contributed by atoms with Crippen LogP contribution in [0.25, 0.3) is 10.1 Å². The van der Waals surface area contributed by atoms with E-state index in [1.54, 1.807) is 26.0 Å². The van der Waals surface area contributed by atoms with Gasteiger partial charge in [-0.25, -0.2) is 0 Å². The van der Waals surface area contributed by atoms with Crippen LogP contribution in [0.4, 0.5) is 0 Å². The van der Waals surface area contributed by atoms with E-state index in [1.165, 1.54) is 18.3 Å². The van der Waals surface area contributed by atoms with Crippen LogP contribution in [0.2, 0.25) is 0 Å². The number of phenols is 1. The van der Waals surface area contributed by atoms with Crippen molar-refractivity contribution in [3.8, 4) is 5.75 Å². The number of benzene rings is 1. The van der Waals surface area contributed by atoms with Gasteiger partial charge in [0.25, 0.3) is 0 Å². The second-order valence-corrected chi connectivity index (χ2v) is 6.91. The normalized spacial score (nSPS) is 11.8. The number of aryl methyl sites for hydroxylation is 1. The lowest BCUT2D eigenvalue weighted by Crippen LogP contribution is -2.24. The van der Waals surface area contributed by atoms with Crippen LogP contribution in [-0.2, 0) is 4.79 Å². The molecule has 0 unspecified atom stereocenters. The third-order valence-electron chi connectivity index (χ3n) is 3.67. The van der Waals surface area contributed by atoms with E-state index in [-0.39, 0.29) is 23.7 Å². The Morgan fingerprint density at radius 3 is 2.50 bits per heavy atom. The van der Waals surface area contributed by atoms with Gasteiger partial charge < -0.3 is 5.11 Å². The van der Waals surface area contributed by atoms with Gasteiger partial charge in [-0.05, 0) is 43.0 Å². The van der Waals surface area contributed by atoms with Crippen LogP contribution in [0.5, 0.6) is 5.75 Å². The Morgan fingerprint density at radius 2 is 1.90 bits per heavy atom. The third-order valence-corrected chi connectivity index (χ3v) is 4.80. The van der Waals surface area contributed by atoms with E-state index in [9.17, 15) is 14.7 Å². The van der Waals surface area contributed by atoms with Crippen LogP contribution in [0.15, 0.2) is 18.2 Å². The first-order valence-corrected chi connectivity index (χ1v) is 7.30. The van der Waals surface area contributed by atoms with E-state index in [0.717, 1.165) is 15.6 Å². The Labute approximate surface area is 122 Å². The van der Waals surface area contributed by atoms with Gasteiger partial charge in [-0.2, -0.15) is 0 Å². The van der Waals surface area contributed by atoms with Crippen molar-refractivity contribution in [1.82, 2.24) is 0 Å². The van der Waals surface area contributed by atoms with Gasteiger partial charge in [-0.1, -0.05) is 13.8 Å². The fraction of sp³-hybridized carbons (Fsp3) is 0.375. The topological polar surface area (TPSA) is 54.4 Å². The number of carbonyl (C=O) groups is 2. The third kappa shape index (κ3) is 2.75. The van der Waals surface area contributed by atoms with Gasteiger partial charge in [0.2, 0.25) is 0 Å². The van der Waals surface area contributed by atoms with Crippen LogP contribution < -0.4 is 0 Å². The molecule has 0 fully saturated rings. The fourth-order valence-electron chi connectivity index (χ4n) is 1.93. The Bertz CT molecular complexity index is 656. The summed E-state index contributed by atoms with van der Waals surface area (Å²) in [7, 11) is 0. The highest BCUT2D eigenvalue weighted by Crippen LogP contribution is 2.33. The Hall–Kier alpha value is -1.68. The summed E-state index contributed by atoms with van der Waals surface area (Å²) in [6.45, 7) is 6.92. The molecule has 0 amide bonds. The number of aromatic hydroxyl groups is 1. The summed E-state index contributed by atoms with van der Waals surface area (Å²) < 4.78 is 0.976. The predicted molar refractivity (Wildman–Crippen MR) is 81.6 cm³/mol. The molecule has 2 aromatic rings. The quantitative estimate of drug-likeness (QED) is 0.862. The smallest absolute Gasteiger partial charge is 0.173 e. The number of Topliss-reactive ketones (excluding diaryl/α,β-unsaturated/α-hetero) is 2. The number of hydrogen-bond acceptors (Lipinski definition) is 4. The summed E-state index contributed by atoms with van der Waals surface area (Å²) >= 11 is 1.41. The maximum atomic E-state index is 12.3. The SMILES string of the molecule is CC(=O)C(C)(C)CC(=O)c1cc2cc(O)c(C)cc2s1. The lowest BCUT2D eigenvalue weighted by atomic mass is 9.83. The molecule has 0 spiro atoms. The molecular weight excluding hydrogens is 272 g/mol. The van der Waals surface area contributed by atoms with Crippen molar-refractivity contribution in [2.45, 2.75) is 34.1 Å². The highest BCUT2D eigenvalue weighted by molar-refractivity contribution is 7.20. The zero-order valence-corrected chi connectivity index (χ0v) is 12.9. The number of carbonyl (C=O) groups excluding carboxylic acids is 2. The Kier molecular flexibility index (Phi) is 3.69. The van der Waals surface area contributed by atoms with Crippen LogP contribution in [0, 0.1) is 12.3 Å². The maximum Gasteiger partial charge on any atom is 0.173 e. The fourth-order valence-corrected chi connectivity index (χ4v) is 3.01. The maximum absolute atomic E-state index is 12.3. The standard InChI is InChI=1S/C16H18O3S/c1-9-5-14-11(6-12(9)18)7-15(20-14)13(19)8-16(3,4)10(2)17/h5-7,18H,8H2,1-4H3. The van der Waals surface area contributed by atoms with Crippen molar-refractivity contribution < 1.29 is 14.7 Å². The number of thiophene rings is 1. The van der Waals surface area contributed by atoms with E-state index in [1.807, 2.05) is 13.0 Å². The monoisotopic (exact) mass is 290 g/mol. The summed E-state index contributed by atoms with van der Waals surface area (Å²) in [6, 6.07) is 5.34. The van der Waals surface area contributed by atoms with Crippen molar-refractivity contribution in [3.63, 3.8) is 0 Å². The number of fused-ring (bicyclic) bond motifs is 1. The van der Waals surface area contributed by atoms with Gasteiger partial charge in [0.05, 0.1) is 4.88 Å². The van der Waals surface area contributed by atoms with Crippen LogP contribution in [0.1, 0.15) is 42.4 Å². The van der Waals surface area contributed by atoms with E-state index in [2.05, 4.69) is 0 Å². The average molecular weight is 290 g/mol. The van der Waals surface area contributed by atoms with E-state index in [4.69, 9.17) is 0 Å². The summed E-state index contributed by atoms with van der Waals surface area (Å²) in [5.41, 5.74) is 0.160. The molecule has 0 aliphatic carbocycles. The van der Waals surface area contributed by atoms with Crippen molar-refractivity contribution in [2.24, 2.45) is 5.41 Å². The van der Waals surface area contributed by atoms with Crippen LogP contribution in [0.3, 0.4) is 0 Å². The van der Waals surface area contributed by atoms with Crippen LogP contribution >= 0.6 is 11.3 Å². The molecule has 0 atom stereocenters. The molecule has 0 saturated carbocycles. The minimum Gasteiger partial charge on any atom is -0.508 e. The first-order chi connectivity index (χ1) is 9.20. The second kappa shape index (κ2) is 5.02. The zero-order chi connectivity index (χ0) is 15.1. The molecule has 20 heavy (non-hydrogen) atoms. The number of ketones is 2. The first-order valence-electron chi connectivity index (χ1n) is 6.48. The summed E-state index contributed by atoms with van der Waals surface area (Å²) in [5.74, 6) is 0.224. The van der Waals surface area contributed by atoms with Gasteiger partial charge in [0.1, 0.15) is 11.5 Å². The minimum atomic E-state index is -0.634. The molecule has 0 radical (unpaired) electrons. The molecule has 0 saturated heterocycles. The van der Waals surface area contributed by atoms with Crippen molar-refractivity contribution >= 4 is 33.0 Å². The molecule has 1 aromatic heterocycles. The zero-order valence-electron chi connectivity index (χ0n) is 12.1. The lowest BCUT2D eigenvalue weighted by molar-refractivity contribution is -0.124. The van der Waals surface area contributed by atoms with Gasteiger partial charge in [0.15, 0.2) is 5.78 Å². The number of hydrogen-bond donors (Lipinski definition) is 1. The molecule has 1 heterocycles. The van der Waals surface area contributed by atoms with E-state index in [0.29, 0.717) is 4.88 Å². The van der Waals surface area contributed by atoms with Gasteiger partial charge in [0, 0.05) is 16.5 Å². The minimum absolute atomic E-state index is 0.0143. The Morgan fingerprint density at radius 1 is 1.25 bits per heavy atom. The molecule has 0 aliphatic heterocycles. The Balaban J connectivity index is 2.34. The summed E-state index contributed by atoms with van der Waals surface area (Å²) in [4.78, 5) is 24.5. The molecule has 3 nitrogen and oxygen atoms in total. The van der Waals surface area contributed by atoms with E-state index >= 15 is 0 Å². The lowest BCUT2D eigenvalue weighted by Gasteiger charge is -2.19. The first kappa shape index (κ1) is 14.7. The van der Waals surface area contributed by atoms with Crippen molar-refractivity contribution in [3.05, 3.63) is 28.6 Å². The predicted octanol–water partition coefficient (Wildman–Crippen LogP) is 4.10. The molecule has 0 bridgehead atoms. The van der Waals surface area contributed by atoms with E-state index < -0.39 is 5.41 Å². The van der Waals surface area contributed by atoms with Gasteiger partial charge in [-0.15, -0.1) is 11.3 Å². The molecule has 1 aromatic carbocycles. The number of phenolic OH excluding ortho intramolecular Hbond substituents is 1. The van der Waals surface area contributed by atoms with Crippen molar-refractivity contribution in [2.75, 3.05) is 0 Å². The van der Waals surface area contributed by atoms with Gasteiger partial charge >= 0.3 is 0 Å². The van der Waals surface area contributed by atoms with Gasteiger partial charge in [-0.3, -0.25) is 9.59 Å². The average Bonchev–Trinajstić information content (AvgIpc) is 2.72. The largest absolute Gasteiger partial charge is 0.508 e. The molecule has 4 heteroatoms. The van der Waals surface area contributed by atoms with Crippen molar-refractivity contribution in [1.29, 1.82) is 0 Å². The summed E-state index contributed by atoms with van der Waals surface area (Å²) in [5, 5.41) is 10.6. The highest BCUT2D eigenvalue weighted by atomic mass is 32.1. The number of rotatable bonds is 4. The molecule has 0 aliphatic rings.